The van der Waals surface area contributed by atoms with Crippen LogP contribution in [0.4, 0.5) is 0 Å². The van der Waals surface area contributed by atoms with Gasteiger partial charge in [0.25, 0.3) is 0 Å². The second-order valence-corrected chi connectivity index (χ2v) is 8.55. The lowest BCUT2D eigenvalue weighted by Gasteiger charge is -2.32. The van der Waals surface area contributed by atoms with E-state index in [2.05, 4.69) is 105 Å². The number of benzene rings is 3. The van der Waals surface area contributed by atoms with Crippen LogP contribution in [-0.2, 0) is 9.31 Å². The van der Waals surface area contributed by atoms with Crippen LogP contribution in [0.5, 0.6) is 0 Å². The maximum absolute atomic E-state index is 6.19. The summed E-state index contributed by atoms with van der Waals surface area (Å²) in [6.07, 6.45) is 0. The van der Waals surface area contributed by atoms with E-state index >= 15 is 0 Å². The quantitative estimate of drug-likeness (QED) is 0.460. The van der Waals surface area contributed by atoms with E-state index in [0.717, 1.165) is 11.2 Å². The molecule has 2 heterocycles. The third kappa shape index (κ3) is 2.52. The van der Waals surface area contributed by atoms with Crippen LogP contribution >= 0.6 is 0 Å². The Bertz CT molecular complexity index is 1110. The first-order valence-electron chi connectivity index (χ1n) is 9.82. The summed E-state index contributed by atoms with van der Waals surface area (Å²) >= 11 is 0. The van der Waals surface area contributed by atoms with Crippen LogP contribution in [0.1, 0.15) is 27.7 Å². The first-order chi connectivity index (χ1) is 13.4. The Morgan fingerprint density at radius 1 is 0.643 bits per heavy atom. The van der Waals surface area contributed by atoms with Gasteiger partial charge in [-0.05, 0) is 57.4 Å². The molecule has 1 aliphatic heterocycles. The molecule has 0 amide bonds. The molecule has 5 rings (SSSR count). The monoisotopic (exact) mass is 369 g/mol. The van der Waals surface area contributed by atoms with Gasteiger partial charge in [0.1, 0.15) is 0 Å². The van der Waals surface area contributed by atoms with E-state index in [1.165, 1.54) is 21.8 Å². The third-order valence-corrected chi connectivity index (χ3v) is 6.26. The zero-order valence-corrected chi connectivity index (χ0v) is 16.8. The van der Waals surface area contributed by atoms with Crippen molar-refractivity contribution in [2.45, 2.75) is 38.9 Å². The van der Waals surface area contributed by atoms with Crippen molar-refractivity contribution in [2.75, 3.05) is 0 Å². The van der Waals surface area contributed by atoms with Gasteiger partial charge in [-0.3, -0.25) is 0 Å². The minimum absolute atomic E-state index is 0.330. The van der Waals surface area contributed by atoms with Crippen molar-refractivity contribution in [2.24, 2.45) is 0 Å². The predicted molar refractivity (Wildman–Crippen MR) is 116 cm³/mol. The van der Waals surface area contributed by atoms with Crippen molar-refractivity contribution in [1.29, 1.82) is 0 Å². The fraction of sp³-hybridized carbons (Fsp3) is 0.250. The zero-order chi connectivity index (χ0) is 19.5. The van der Waals surface area contributed by atoms with E-state index in [9.17, 15) is 0 Å². The highest BCUT2D eigenvalue weighted by Crippen LogP contribution is 2.37. The minimum Gasteiger partial charge on any atom is -0.399 e. The van der Waals surface area contributed by atoms with Gasteiger partial charge in [0.05, 0.1) is 22.2 Å². The average molecular weight is 369 g/mol. The maximum atomic E-state index is 6.19. The molecule has 140 valence electrons. The van der Waals surface area contributed by atoms with Crippen LogP contribution in [-0.4, -0.2) is 22.9 Å². The summed E-state index contributed by atoms with van der Waals surface area (Å²) in [5, 5.41) is 2.54. The van der Waals surface area contributed by atoms with Crippen molar-refractivity contribution in [3.63, 3.8) is 0 Å². The summed E-state index contributed by atoms with van der Waals surface area (Å²) in [5.74, 6) is 0. The Labute approximate surface area is 166 Å². The van der Waals surface area contributed by atoms with E-state index in [0.29, 0.717) is 0 Å². The molecule has 1 saturated heterocycles. The molecule has 0 saturated carbocycles. The first kappa shape index (κ1) is 17.5. The van der Waals surface area contributed by atoms with E-state index in [1.54, 1.807) is 0 Å². The molecular formula is C24H24BNO2. The summed E-state index contributed by atoms with van der Waals surface area (Å²) in [7, 11) is -0.336. The van der Waals surface area contributed by atoms with Crippen LogP contribution in [0.2, 0.25) is 0 Å². The lowest BCUT2D eigenvalue weighted by Crippen LogP contribution is -2.41. The molecule has 28 heavy (non-hydrogen) atoms. The predicted octanol–water partition coefficient (Wildman–Crippen LogP) is 5.08. The standard InChI is InChI=1S/C24H24BNO2/c1-23(2)24(3,4)28-25(27-23)17-13-15-18(16-14-17)26-21-11-7-5-9-19(21)20-10-6-8-12-22(20)26/h5-16H,1-4H3. The van der Waals surface area contributed by atoms with Crippen molar-refractivity contribution in [3.05, 3.63) is 72.8 Å². The highest BCUT2D eigenvalue weighted by molar-refractivity contribution is 6.62. The van der Waals surface area contributed by atoms with Gasteiger partial charge in [0.2, 0.25) is 0 Å². The molecule has 1 fully saturated rings. The summed E-state index contributed by atoms with van der Waals surface area (Å²) in [6, 6.07) is 25.6. The Kier molecular flexibility index (Phi) is 3.74. The summed E-state index contributed by atoms with van der Waals surface area (Å²) in [5.41, 5.74) is 3.95. The van der Waals surface area contributed by atoms with Crippen LogP contribution in [0, 0.1) is 0 Å². The van der Waals surface area contributed by atoms with E-state index in [1.807, 2.05) is 0 Å². The van der Waals surface area contributed by atoms with Gasteiger partial charge >= 0.3 is 7.12 Å². The number of fused-ring (bicyclic) bond motifs is 3. The SMILES string of the molecule is CC1(C)OB(c2ccc(-n3c4ccccc4c4ccccc43)cc2)OC1(C)C. The van der Waals surface area contributed by atoms with Crippen molar-refractivity contribution >= 4 is 34.4 Å². The van der Waals surface area contributed by atoms with Gasteiger partial charge in [-0.1, -0.05) is 48.5 Å². The molecule has 1 aliphatic rings. The molecule has 0 spiro atoms. The van der Waals surface area contributed by atoms with Crippen LogP contribution < -0.4 is 5.46 Å². The van der Waals surface area contributed by atoms with Crippen molar-refractivity contribution in [1.82, 2.24) is 4.57 Å². The zero-order valence-electron chi connectivity index (χ0n) is 16.8. The number of rotatable bonds is 2. The molecule has 0 atom stereocenters. The van der Waals surface area contributed by atoms with Gasteiger partial charge in [-0.25, -0.2) is 0 Å². The average Bonchev–Trinajstić information content (AvgIpc) is 3.12. The molecule has 0 radical (unpaired) electrons. The molecule has 0 N–H and O–H groups in total. The topological polar surface area (TPSA) is 23.4 Å². The van der Waals surface area contributed by atoms with Gasteiger partial charge in [0.15, 0.2) is 0 Å². The van der Waals surface area contributed by atoms with Crippen LogP contribution in [0.3, 0.4) is 0 Å². The molecule has 0 aliphatic carbocycles. The molecule has 1 aromatic heterocycles. The minimum atomic E-state index is -0.336. The van der Waals surface area contributed by atoms with Crippen LogP contribution in [0.15, 0.2) is 72.8 Å². The number of para-hydroxylation sites is 2. The first-order valence-corrected chi connectivity index (χ1v) is 9.82. The molecule has 0 unspecified atom stereocenters. The third-order valence-electron chi connectivity index (χ3n) is 6.26. The van der Waals surface area contributed by atoms with E-state index in [-0.39, 0.29) is 18.3 Å². The van der Waals surface area contributed by atoms with Gasteiger partial charge in [-0.15, -0.1) is 0 Å². The summed E-state index contributed by atoms with van der Waals surface area (Å²) in [6.45, 7) is 8.33. The lowest BCUT2D eigenvalue weighted by atomic mass is 9.79. The summed E-state index contributed by atoms with van der Waals surface area (Å²) in [4.78, 5) is 0. The van der Waals surface area contributed by atoms with Gasteiger partial charge in [-0.2, -0.15) is 0 Å². The van der Waals surface area contributed by atoms with Gasteiger partial charge in [0, 0.05) is 16.5 Å². The molecule has 3 aromatic carbocycles. The Morgan fingerprint density at radius 3 is 1.61 bits per heavy atom. The van der Waals surface area contributed by atoms with E-state index < -0.39 is 0 Å². The Hall–Kier alpha value is -2.56. The van der Waals surface area contributed by atoms with E-state index in [4.69, 9.17) is 9.31 Å². The number of hydrogen-bond donors (Lipinski definition) is 0. The maximum Gasteiger partial charge on any atom is 0.494 e. The Balaban J connectivity index is 1.59. The Morgan fingerprint density at radius 2 is 1.11 bits per heavy atom. The van der Waals surface area contributed by atoms with Crippen molar-refractivity contribution in [3.8, 4) is 5.69 Å². The fourth-order valence-corrected chi connectivity index (χ4v) is 3.96. The lowest BCUT2D eigenvalue weighted by molar-refractivity contribution is 0.00578. The largest absolute Gasteiger partial charge is 0.494 e. The summed E-state index contributed by atoms with van der Waals surface area (Å²) < 4.78 is 14.7. The number of aromatic nitrogens is 1. The fourth-order valence-electron chi connectivity index (χ4n) is 3.96. The molecular weight excluding hydrogens is 345 g/mol. The second kappa shape index (κ2) is 5.97. The molecule has 3 nitrogen and oxygen atoms in total. The molecule has 4 heteroatoms. The second-order valence-electron chi connectivity index (χ2n) is 8.55. The number of hydrogen-bond acceptors (Lipinski definition) is 2. The highest BCUT2D eigenvalue weighted by atomic mass is 16.7. The van der Waals surface area contributed by atoms with Gasteiger partial charge < -0.3 is 13.9 Å². The van der Waals surface area contributed by atoms with Crippen molar-refractivity contribution < 1.29 is 9.31 Å². The molecule has 0 bridgehead atoms. The molecule has 4 aromatic rings. The number of nitrogens with zero attached hydrogens (tertiary/aromatic N) is 1. The normalized spacial score (nSPS) is 18.2. The highest BCUT2D eigenvalue weighted by Gasteiger charge is 2.51. The van der Waals surface area contributed by atoms with Crippen LogP contribution in [0.25, 0.3) is 27.5 Å². The smallest absolute Gasteiger partial charge is 0.399 e.